The van der Waals surface area contributed by atoms with Crippen LogP contribution in [0.1, 0.15) is 36.5 Å². The van der Waals surface area contributed by atoms with Crippen molar-refractivity contribution in [2.45, 2.75) is 39.8 Å². The largest absolute Gasteiger partial charge is 0.490 e. The Bertz CT molecular complexity index is 743. The Morgan fingerprint density at radius 2 is 1.79 bits per heavy atom. The molecule has 2 aromatic carbocycles. The Morgan fingerprint density at radius 1 is 1.07 bits per heavy atom. The SMILES string of the molecule is CCOc1cc(CNCC2CCNCC2)c(Br)cc1OCc1ccc(C)cc1. The molecule has 1 aliphatic heterocycles. The molecule has 28 heavy (non-hydrogen) atoms. The van der Waals surface area contributed by atoms with E-state index >= 15 is 0 Å². The molecular weight excluding hydrogens is 416 g/mol. The van der Waals surface area contributed by atoms with Crippen LogP contribution in [0.15, 0.2) is 40.9 Å². The van der Waals surface area contributed by atoms with Crippen molar-refractivity contribution in [1.29, 1.82) is 0 Å². The number of ether oxygens (including phenoxy) is 2. The minimum Gasteiger partial charge on any atom is -0.490 e. The highest BCUT2D eigenvalue weighted by molar-refractivity contribution is 9.10. The summed E-state index contributed by atoms with van der Waals surface area (Å²) in [6.45, 7) is 9.39. The molecule has 0 bridgehead atoms. The van der Waals surface area contributed by atoms with E-state index in [9.17, 15) is 0 Å². The molecule has 0 spiro atoms. The van der Waals surface area contributed by atoms with Crippen molar-refractivity contribution in [3.63, 3.8) is 0 Å². The molecule has 1 saturated heterocycles. The zero-order chi connectivity index (χ0) is 19.8. The van der Waals surface area contributed by atoms with Crippen LogP contribution in [0.25, 0.3) is 0 Å². The monoisotopic (exact) mass is 446 g/mol. The number of nitrogens with one attached hydrogen (secondary N) is 2. The second-order valence-electron chi connectivity index (χ2n) is 7.42. The van der Waals surface area contributed by atoms with E-state index in [1.807, 2.05) is 13.0 Å². The number of halogens is 1. The molecule has 0 radical (unpaired) electrons. The summed E-state index contributed by atoms with van der Waals surface area (Å²) in [6, 6.07) is 12.5. The third-order valence-corrected chi connectivity index (χ3v) is 5.87. The number of benzene rings is 2. The van der Waals surface area contributed by atoms with Crippen LogP contribution in [0.5, 0.6) is 11.5 Å². The number of piperidine rings is 1. The second kappa shape index (κ2) is 10.8. The molecule has 2 N–H and O–H groups in total. The van der Waals surface area contributed by atoms with Gasteiger partial charge in [-0.2, -0.15) is 0 Å². The normalized spacial score (nSPS) is 14.8. The van der Waals surface area contributed by atoms with E-state index in [4.69, 9.17) is 9.47 Å². The molecule has 0 amide bonds. The van der Waals surface area contributed by atoms with Gasteiger partial charge in [-0.25, -0.2) is 0 Å². The molecular formula is C23H31BrN2O2. The zero-order valence-corrected chi connectivity index (χ0v) is 18.5. The fraction of sp³-hybridized carbons (Fsp3) is 0.478. The van der Waals surface area contributed by atoms with Crippen LogP contribution in [0, 0.1) is 12.8 Å². The average Bonchev–Trinajstić information content (AvgIpc) is 2.71. The number of aryl methyl sites for hydroxylation is 1. The van der Waals surface area contributed by atoms with Crippen LogP contribution >= 0.6 is 15.9 Å². The predicted octanol–water partition coefficient (Wildman–Crippen LogP) is 4.82. The smallest absolute Gasteiger partial charge is 0.162 e. The highest BCUT2D eigenvalue weighted by Crippen LogP contribution is 2.34. The van der Waals surface area contributed by atoms with Gasteiger partial charge < -0.3 is 20.1 Å². The summed E-state index contributed by atoms with van der Waals surface area (Å²) in [5.41, 5.74) is 3.60. The van der Waals surface area contributed by atoms with Crippen molar-refractivity contribution in [2.24, 2.45) is 5.92 Å². The summed E-state index contributed by atoms with van der Waals surface area (Å²) < 4.78 is 13.0. The fourth-order valence-corrected chi connectivity index (χ4v) is 3.90. The van der Waals surface area contributed by atoms with Crippen LogP contribution < -0.4 is 20.1 Å². The minimum absolute atomic E-state index is 0.528. The van der Waals surface area contributed by atoms with Crippen LogP contribution in [0.2, 0.25) is 0 Å². The van der Waals surface area contributed by atoms with E-state index < -0.39 is 0 Å². The summed E-state index contributed by atoms with van der Waals surface area (Å²) in [4.78, 5) is 0. The van der Waals surface area contributed by atoms with Gasteiger partial charge in [0, 0.05) is 11.0 Å². The molecule has 0 unspecified atom stereocenters. The Balaban J connectivity index is 1.62. The van der Waals surface area contributed by atoms with E-state index in [1.165, 1.54) is 24.0 Å². The van der Waals surface area contributed by atoms with Crippen molar-refractivity contribution < 1.29 is 9.47 Å². The highest BCUT2D eigenvalue weighted by Gasteiger charge is 2.14. The molecule has 1 heterocycles. The molecule has 3 rings (SSSR count). The van der Waals surface area contributed by atoms with E-state index in [1.54, 1.807) is 0 Å². The summed E-state index contributed by atoms with van der Waals surface area (Å²) in [7, 11) is 0. The van der Waals surface area contributed by atoms with Crippen molar-refractivity contribution in [1.82, 2.24) is 10.6 Å². The molecule has 0 aliphatic carbocycles. The van der Waals surface area contributed by atoms with Crippen LogP contribution in [0.4, 0.5) is 0 Å². The molecule has 4 nitrogen and oxygen atoms in total. The summed E-state index contributed by atoms with van der Waals surface area (Å²) in [5, 5.41) is 7.03. The van der Waals surface area contributed by atoms with Gasteiger partial charge in [-0.05, 0) is 75.5 Å². The van der Waals surface area contributed by atoms with Crippen molar-refractivity contribution >= 4 is 15.9 Å². The summed E-state index contributed by atoms with van der Waals surface area (Å²) in [6.07, 6.45) is 2.51. The lowest BCUT2D eigenvalue weighted by molar-refractivity contribution is 0.268. The first-order valence-electron chi connectivity index (χ1n) is 10.2. The van der Waals surface area contributed by atoms with E-state index in [0.717, 1.165) is 53.6 Å². The van der Waals surface area contributed by atoms with E-state index in [2.05, 4.69) is 63.8 Å². The molecule has 0 saturated carbocycles. The lowest BCUT2D eigenvalue weighted by Gasteiger charge is -2.23. The molecule has 2 aromatic rings. The first kappa shape index (κ1) is 21.2. The lowest BCUT2D eigenvalue weighted by atomic mass is 9.98. The van der Waals surface area contributed by atoms with Crippen LogP contribution in [-0.2, 0) is 13.2 Å². The summed E-state index contributed by atoms with van der Waals surface area (Å²) in [5.74, 6) is 2.34. The van der Waals surface area contributed by atoms with Crippen LogP contribution in [-0.4, -0.2) is 26.2 Å². The first-order chi connectivity index (χ1) is 13.7. The molecule has 0 atom stereocenters. The predicted molar refractivity (Wildman–Crippen MR) is 118 cm³/mol. The van der Waals surface area contributed by atoms with Gasteiger partial charge in [0.25, 0.3) is 0 Å². The van der Waals surface area contributed by atoms with Crippen molar-refractivity contribution in [2.75, 3.05) is 26.2 Å². The van der Waals surface area contributed by atoms with Gasteiger partial charge in [-0.3, -0.25) is 0 Å². The fourth-order valence-electron chi connectivity index (χ4n) is 3.44. The van der Waals surface area contributed by atoms with E-state index in [-0.39, 0.29) is 0 Å². The van der Waals surface area contributed by atoms with Gasteiger partial charge in [0.05, 0.1) is 6.61 Å². The highest BCUT2D eigenvalue weighted by atomic mass is 79.9. The third-order valence-electron chi connectivity index (χ3n) is 5.13. The second-order valence-corrected chi connectivity index (χ2v) is 8.28. The molecule has 0 aromatic heterocycles. The zero-order valence-electron chi connectivity index (χ0n) is 16.9. The Morgan fingerprint density at radius 3 is 2.50 bits per heavy atom. The molecule has 1 fully saturated rings. The van der Waals surface area contributed by atoms with Gasteiger partial charge in [0.2, 0.25) is 0 Å². The minimum atomic E-state index is 0.528. The number of hydrogen-bond acceptors (Lipinski definition) is 4. The van der Waals surface area contributed by atoms with E-state index in [0.29, 0.717) is 13.2 Å². The first-order valence-corrected chi connectivity index (χ1v) is 11.0. The quantitative estimate of drug-likeness (QED) is 0.578. The lowest BCUT2D eigenvalue weighted by Crippen LogP contribution is -2.33. The number of hydrogen-bond donors (Lipinski definition) is 2. The van der Waals surface area contributed by atoms with Crippen LogP contribution in [0.3, 0.4) is 0 Å². The summed E-state index contributed by atoms with van der Waals surface area (Å²) >= 11 is 3.71. The molecule has 152 valence electrons. The number of rotatable bonds is 9. The Hall–Kier alpha value is -1.56. The third kappa shape index (κ3) is 6.23. The maximum atomic E-state index is 6.07. The average molecular weight is 447 g/mol. The Labute approximate surface area is 177 Å². The van der Waals surface area contributed by atoms with Gasteiger partial charge in [0.15, 0.2) is 11.5 Å². The molecule has 5 heteroatoms. The van der Waals surface area contributed by atoms with Gasteiger partial charge >= 0.3 is 0 Å². The Kier molecular flexibility index (Phi) is 8.19. The van der Waals surface area contributed by atoms with Gasteiger partial charge in [-0.1, -0.05) is 45.8 Å². The topological polar surface area (TPSA) is 42.5 Å². The van der Waals surface area contributed by atoms with Crippen molar-refractivity contribution in [3.05, 3.63) is 57.6 Å². The van der Waals surface area contributed by atoms with Gasteiger partial charge in [0.1, 0.15) is 6.61 Å². The van der Waals surface area contributed by atoms with Gasteiger partial charge in [-0.15, -0.1) is 0 Å². The van der Waals surface area contributed by atoms with Crippen molar-refractivity contribution in [3.8, 4) is 11.5 Å². The maximum absolute atomic E-state index is 6.07. The standard InChI is InChI=1S/C23H31BrN2O2/c1-3-27-22-12-20(15-26-14-18-8-10-25-11-9-18)21(24)13-23(22)28-16-19-6-4-17(2)5-7-19/h4-7,12-13,18,25-26H,3,8-11,14-16H2,1-2H3. The molecule has 1 aliphatic rings. The maximum Gasteiger partial charge on any atom is 0.162 e.